The van der Waals surface area contributed by atoms with Gasteiger partial charge >= 0.3 is 0 Å². The summed E-state index contributed by atoms with van der Waals surface area (Å²) in [5, 5.41) is 0.610. The molecule has 0 fully saturated rings. The van der Waals surface area contributed by atoms with Crippen molar-refractivity contribution in [1.82, 2.24) is 9.55 Å². The van der Waals surface area contributed by atoms with E-state index in [0.29, 0.717) is 16.7 Å². The summed E-state index contributed by atoms with van der Waals surface area (Å²) >= 11 is 0. The number of nitrogens with zero attached hydrogens (tertiary/aromatic N) is 2. The minimum Gasteiger partial charge on any atom is -0.268 e. The number of hydrogen-bond acceptors (Lipinski definition) is 2. The molecule has 0 saturated heterocycles. The summed E-state index contributed by atoms with van der Waals surface area (Å²) in [4.78, 5) is 18.2. The first-order valence-electron chi connectivity index (χ1n) is 9.54. The molecule has 3 heteroatoms. The number of benzene rings is 4. The highest BCUT2D eigenvalue weighted by Gasteiger charge is 2.14. The Kier molecular flexibility index (Phi) is 4.26. The maximum Gasteiger partial charge on any atom is 0.266 e. The summed E-state index contributed by atoms with van der Waals surface area (Å²) in [6, 6.07) is 35.6. The van der Waals surface area contributed by atoms with E-state index in [-0.39, 0.29) is 5.56 Å². The van der Waals surface area contributed by atoms with Gasteiger partial charge in [0.05, 0.1) is 16.6 Å². The van der Waals surface area contributed by atoms with Gasteiger partial charge in [-0.1, -0.05) is 84.9 Å². The Labute approximate surface area is 168 Å². The predicted molar refractivity (Wildman–Crippen MR) is 118 cm³/mol. The quantitative estimate of drug-likeness (QED) is 0.405. The Balaban J connectivity index is 1.73. The van der Waals surface area contributed by atoms with Crippen LogP contribution in [0.2, 0.25) is 0 Å². The second-order valence-electron chi connectivity index (χ2n) is 6.87. The first kappa shape index (κ1) is 17.1. The van der Waals surface area contributed by atoms with E-state index >= 15 is 0 Å². The lowest BCUT2D eigenvalue weighted by molar-refractivity contribution is 0.976. The second-order valence-corrected chi connectivity index (χ2v) is 6.87. The Morgan fingerprint density at radius 3 is 1.79 bits per heavy atom. The largest absolute Gasteiger partial charge is 0.268 e. The minimum atomic E-state index is -0.0677. The van der Waals surface area contributed by atoms with Crippen molar-refractivity contribution in [2.75, 3.05) is 0 Å². The van der Waals surface area contributed by atoms with Crippen LogP contribution in [-0.4, -0.2) is 9.55 Å². The van der Waals surface area contributed by atoms with E-state index in [1.165, 1.54) is 0 Å². The van der Waals surface area contributed by atoms with Gasteiger partial charge < -0.3 is 0 Å². The molecule has 0 aliphatic carbocycles. The molecule has 0 spiro atoms. The Morgan fingerprint density at radius 2 is 1.10 bits per heavy atom. The van der Waals surface area contributed by atoms with E-state index in [1.807, 2.05) is 97.1 Å². The monoisotopic (exact) mass is 374 g/mol. The van der Waals surface area contributed by atoms with Gasteiger partial charge in [0, 0.05) is 5.56 Å². The van der Waals surface area contributed by atoms with Crippen molar-refractivity contribution >= 4 is 10.9 Å². The molecule has 1 aromatic heterocycles. The maximum atomic E-state index is 13.4. The third-order valence-corrected chi connectivity index (χ3v) is 5.04. The van der Waals surface area contributed by atoms with Gasteiger partial charge in [-0.2, -0.15) is 0 Å². The maximum absolute atomic E-state index is 13.4. The number of fused-ring (bicyclic) bond motifs is 1. The lowest BCUT2D eigenvalue weighted by Crippen LogP contribution is -2.21. The van der Waals surface area contributed by atoms with Crippen molar-refractivity contribution in [1.29, 1.82) is 0 Å². The highest BCUT2D eigenvalue weighted by atomic mass is 16.1. The summed E-state index contributed by atoms with van der Waals surface area (Å²) in [5.74, 6) is 0.641. The molecule has 0 aliphatic rings. The van der Waals surface area contributed by atoms with Gasteiger partial charge in [0.2, 0.25) is 0 Å². The lowest BCUT2D eigenvalue weighted by atomic mass is 10.1. The summed E-state index contributed by atoms with van der Waals surface area (Å²) in [5.41, 5.74) is 4.59. The molecule has 0 bridgehead atoms. The van der Waals surface area contributed by atoms with Crippen molar-refractivity contribution in [3.63, 3.8) is 0 Å². The van der Waals surface area contributed by atoms with E-state index in [0.717, 1.165) is 22.4 Å². The highest BCUT2D eigenvalue weighted by molar-refractivity contribution is 5.80. The molecule has 5 aromatic rings. The highest BCUT2D eigenvalue weighted by Crippen LogP contribution is 2.24. The van der Waals surface area contributed by atoms with Gasteiger partial charge in [0.1, 0.15) is 5.82 Å². The summed E-state index contributed by atoms with van der Waals surface area (Å²) in [6.07, 6.45) is 0. The summed E-state index contributed by atoms with van der Waals surface area (Å²) in [6.45, 7) is 0. The molecule has 29 heavy (non-hydrogen) atoms. The van der Waals surface area contributed by atoms with Crippen LogP contribution in [0.15, 0.2) is 114 Å². The fourth-order valence-corrected chi connectivity index (χ4v) is 3.59. The average molecular weight is 374 g/mol. The minimum absolute atomic E-state index is 0.0677. The van der Waals surface area contributed by atoms with Crippen LogP contribution >= 0.6 is 0 Å². The zero-order valence-corrected chi connectivity index (χ0v) is 15.7. The molecule has 0 N–H and O–H groups in total. The molecule has 0 radical (unpaired) electrons. The van der Waals surface area contributed by atoms with Crippen LogP contribution in [-0.2, 0) is 0 Å². The summed E-state index contributed by atoms with van der Waals surface area (Å²) in [7, 11) is 0. The van der Waals surface area contributed by atoms with Crippen LogP contribution in [0.4, 0.5) is 0 Å². The number of aromatic nitrogens is 2. The van der Waals surface area contributed by atoms with Crippen molar-refractivity contribution in [2.24, 2.45) is 0 Å². The molecule has 0 saturated carbocycles. The second kappa shape index (κ2) is 7.21. The van der Waals surface area contributed by atoms with Crippen molar-refractivity contribution < 1.29 is 0 Å². The molecule has 0 atom stereocenters. The zero-order valence-electron chi connectivity index (χ0n) is 15.7. The van der Waals surface area contributed by atoms with Crippen LogP contribution in [0.3, 0.4) is 0 Å². The average Bonchev–Trinajstić information content (AvgIpc) is 2.80. The van der Waals surface area contributed by atoms with Gasteiger partial charge in [-0.15, -0.1) is 0 Å². The molecule has 3 nitrogen and oxygen atoms in total. The molecule has 0 aliphatic heterocycles. The third kappa shape index (κ3) is 3.13. The Morgan fingerprint density at radius 1 is 0.552 bits per heavy atom. The molecule has 0 unspecified atom stereocenters. The van der Waals surface area contributed by atoms with Gasteiger partial charge in [0.25, 0.3) is 5.56 Å². The molecule has 5 rings (SSSR count). The van der Waals surface area contributed by atoms with Gasteiger partial charge in [-0.3, -0.25) is 9.36 Å². The van der Waals surface area contributed by atoms with Crippen LogP contribution in [0.25, 0.3) is 39.1 Å². The van der Waals surface area contributed by atoms with E-state index in [2.05, 4.69) is 12.1 Å². The van der Waals surface area contributed by atoms with Gasteiger partial charge in [0.15, 0.2) is 0 Å². The first-order chi connectivity index (χ1) is 14.3. The Hall–Kier alpha value is -3.98. The van der Waals surface area contributed by atoms with Gasteiger partial charge in [-0.05, 0) is 35.4 Å². The third-order valence-electron chi connectivity index (χ3n) is 5.04. The predicted octanol–water partition coefficient (Wildman–Crippen LogP) is 5.72. The molecule has 1 heterocycles. The topological polar surface area (TPSA) is 34.9 Å². The molecule has 0 amide bonds. The summed E-state index contributed by atoms with van der Waals surface area (Å²) < 4.78 is 1.70. The van der Waals surface area contributed by atoms with E-state index < -0.39 is 0 Å². The van der Waals surface area contributed by atoms with Crippen LogP contribution < -0.4 is 5.56 Å². The first-order valence-corrected chi connectivity index (χ1v) is 9.54. The molecular formula is C26H18N2O. The van der Waals surface area contributed by atoms with E-state index in [1.54, 1.807) is 4.57 Å². The number of para-hydroxylation sites is 1. The molecular weight excluding hydrogens is 356 g/mol. The van der Waals surface area contributed by atoms with Crippen LogP contribution in [0, 0.1) is 0 Å². The van der Waals surface area contributed by atoms with Crippen molar-refractivity contribution in [3.8, 4) is 28.2 Å². The lowest BCUT2D eigenvalue weighted by Gasteiger charge is -2.14. The van der Waals surface area contributed by atoms with Gasteiger partial charge in [-0.25, -0.2) is 4.98 Å². The van der Waals surface area contributed by atoms with Crippen LogP contribution in [0.5, 0.6) is 0 Å². The van der Waals surface area contributed by atoms with E-state index in [9.17, 15) is 4.79 Å². The standard InChI is InChI=1S/C26H18N2O/c29-26-23-13-7-8-14-24(23)27-25(21-11-5-2-6-12-21)28(26)22-17-15-20(16-18-22)19-9-3-1-4-10-19/h1-18H. The van der Waals surface area contributed by atoms with Crippen LogP contribution in [0.1, 0.15) is 0 Å². The van der Waals surface area contributed by atoms with Crippen molar-refractivity contribution in [3.05, 3.63) is 120 Å². The Bertz CT molecular complexity index is 1340. The zero-order chi connectivity index (χ0) is 19.6. The molecule has 4 aromatic carbocycles. The number of hydrogen-bond donors (Lipinski definition) is 0. The number of rotatable bonds is 3. The normalized spacial score (nSPS) is 10.9. The van der Waals surface area contributed by atoms with E-state index in [4.69, 9.17) is 4.98 Å². The fraction of sp³-hybridized carbons (Fsp3) is 0. The fourth-order valence-electron chi connectivity index (χ4n) is 3.59. The molecule has 138 valence electrons. The van der Waals surface area contributed by atoms with Crippen molar-refractivity contribution in [2.45, 2.75) is 0 Å². The SMILES string of the molecule is O=c1c2ccccc2nc(-c2ccccc2)n1-c1ccc(-c2ccccc2)cc1. The smallest absolute Gasteiger partial charge is 0.266 e.